The van der Waals surface area contributed by atoms with E-state index < -0.39 is 18.1 Å². The Morgan fingerprint density at radius 1 is 1.45 bits per heavy atom. The van der Waals surface area contributed by atoms with Crippen LogP contribution in [0.25, 0.3) is 0 Å². The summed E-state index contributed by atoms with van der Waals surface area (Å²) in [6.07, 6.45) is 0.891. The van der Waals surface area contributed by atoms with E-state index in [0.717, 1.165) is 5.56 Å². The van der Waals surface area contributed by atoms with E-state index in [0.29, 0.717) is 12.8 Å². The number of carboxylic acid groups (broad SMARTS) is 1. The van der Waals surface area contributed by atoms with Gasteiger partial charge in [-0.3, -0.25) is 4.79 Å². The summed E-state index contributed by atoms with van der Waals surface area (Å²) in [7, 11) is 0. The van der Waals surface area contributed by atoms with E-state index in [2.05, 4.69) is 10.1 Å². The fourth-order valence-corrected chi connectivity index (χ4v) is 1.60. The van der Waals surface area contributed by atoms with Crippen LogP contribution >= 0.6 is 0 Å². The number of aryl methyl sites for hydroxylation is 1. The van der Waals surface area contributed by atoms with Gasteiger partial charge in [0.15, 0.2) is 0 Å². The molecule has 1 unspecified atom stereocenters. The summed E-state index contributed by atoms with van der Waals surface area (Å²) in [6, 6.07) is 5.90. The number of carbonyl (C=O) groups excluding carboxylic acids is 1. The second-order valence-electron chi connectivity index (χ2n) is 4.42. The number of benzene rings is 1. The van der Waals surface area contributed by atoms with Crippen LogP contribution in [0.3, 0.4) is 0 Å². The van der Waals surface area contributed by atoms with Gasteiger partial charge in [0.05, 0.1) is 0 Å². The van der Waals surface area contributed by atoms with Crippen molar-refractivity contribution in [2.75, 3.05) is 0 Å². The first-order valence-electron chi connectivity index (χ1n) is 5.86. The minimum atomic E-state index is -2.88. The highest BCUT2D eigenvalue weighted by Crippen LogP contribution is 2.18. The quantitative estimate of drug-likeness (QED) is 0.715. The Morgan fingerprint density at radius 3 is 2.50 bits per heavy atom. The predicted molar refractivity (Wildman–Crippen MR) is 66.6 cm³/mol. The van der Waals surface area contributed by atoms with Crippen molar-refractivity contribution in [1.82, 2.24) is 5.32 Å². The summed E-state index contributed by atoms with van der Waals surface area (Å²) in [5, 5.41) is 11.3. The first-order chi connectivity index (χ1) is 9.37. The Labute approximate surface area is 114 Å². The standard InChI is InChI=1S/C13H15F2NO4/c1-13(11(18)19,16-8-17)7-6-9-2-4-10(5-3-9)20-12(14)15/h2-5,8,12H,6-7H2,1H3,(H,16,17)(H,18,19). The van der Waals surface area contributed by atoms with Crippen molar-refractivity contribution in [3.63, 3.8) is 0 Å². The van der Waals surface area contributed by atoms with Gasteiger partial charge >= 0.3 is 12.6 Å². The molecular weight excluding hydrogens is 272 g/mol. The number of carboxylic acids is 1. The second kappa shape index (κ2) is 6.83. The average molecular weight is 287 g/mol. The van der Waals surface area contributed by atoms with Crippen LogP contribution in [0.15, 0.2) is 24.3 Å². The number of halogens is 2. The van der Waals surface area contributed by atoms with E-state index in [1.165, 1.54) is 19.1 Å². The number of hydrogen-bond donors (Lipinski definition) is 2. The van der Waals surface area contributed by atoms with Crippen LogP contribution in [-0.4, -0.2) is 29.6 Å². The fourth-order valence-electron chi connectivity index (χ4n) is 1.60. The summed E-state index contributed by atoms with van der Waals surface area (Å²) >= 11 is 0. The highest BCUT2D eigenvalue weighted by molar-refractivity contribution is 5.80. The third-order valence-corrected chi connectivity index (χ3v) is 2.91. The van der Waals surface area contributed by atoms with Gasteiger partial charge in [0, 0.05) is 0 Å². The molecule has 0 fully saturated rings. The Balaban J connectivity index is 2.64. The molecule has 110 valence electrons. The highest BCUT2D eigenvalue weighted by atomic mass is 19.3. The van der Waals surface area contributed by atoms with Gasteiger partial charge in [-0.1, -0.05) is 12.1 Å². The van der Waals surface area contributed by atoms with Crippen molar-refractivity contribution in [1.29, 1.82) is 0 Å². The molecule has 1 amide bonds. The molecule has 0 aliphatic heterocycles. The van der Waals surface area contributed by atoms with Gasteiger partial charge in [-0.25, -0.2) is 4.79 Å². The number of rotatable bonds is 8. The lowest BCUT2D eigenvalue weighted by atomic mass is 9.93. The van der Waals surface area contributed by atoms with Gasteiger partial charge in [0.1, 0.15) is 11.3 Å². The molecule has 0 heterocycles. The first kappa shape index (κ1) is 15.9. The minimum Gasteiger partial charge on any atom is -0.480 e. The molecular formula is C13H15F2NO4. The molecule has 0 saturated carbocycles. The second-order valence-corrected chi connectivity index (χ2v) is 4.42. The van der Waals surface area contributed by atoms with Crippen molar-refractivity contribution in [2.24, 2.45) is 0 Å². The van der Waals surface area contributed by atoms with Crippen LogP contribution in [0.1, 0.15) is 18.9 Å². The first-order valence-corrected chi connectivity index (χ1v) is 5.86. The SMILES string of the molecule is CC(CCc1ccc(OC(F)F)cc1)(NC=O)C(=O)O. The van der Waals surface area contributed by atoms with Crippen LogP contribution in [0, 0.1) is 0 Å². The van der Waals surface area contributed by atoms with Crippen LogP contribution in [0.4, 0.5) is 8.78 Å². The molecule has 7 heteroatoms. The van der Waals surface area contributed by atoms with Crippen LogP contribution in [0.5, 0.6) is 5.75 Å². The maximum Gasteiger partial charge on any atom is 0.387 e. The van der Waals surface area contributed by atoms with Gasteiger partial charge in [-0.05, 0) is 37.5 Å². The Bertz CT molecular complexity index is 464. The smallest absolute Gasteiger partial charge is 0.387 e. The normalized spacial score (nSPS) is 13.6. The van der Waals surface area contributed by atoms with E-state index in [4.69, 9.17) is 5.11 Å². The molecule has 2 N–H and O–H groups in total. The van der Waals surface area contributed by atoms with Gasteiger partial charge in [-0.15, -0.1) is 0 Å². The van der Waals surface area contributed by atoms with Crippen molar-refractivity contribution in [3.8, 4) is 5.75 Å². The van der Waals surface area contributed by atoms with Crippen molar-refractivity contribution < 1.29 is 28.2 Å². The number of nitrogens with one attached hydrogen (secondary N) is 1. The number of amides is 1. The van der Waals surface area contributed by atoms with E-state index in [9.17, 15) is 18.4 Å². The molecule has 1 rings (SSSR count). The lowest BCUT2D eigenvalue weighted by Crippen LogP contribution is -2.49. The van der Waals surface area contributed by atoms with Gasteiger partial charge < -0.3 is 15.2 Å². The van der Waals surface area contributed by atoms with E-state index >= 15 is 0 Å². The monoisotopic (exact) mass is 287 g/mol. The molecule has 1 atom stereocenters. The summed E-state index contributed by atoms with van der Waals surface area (Å²) < 4.78 is 28.1. The molecule has 5 nitrogen and oxygen atoms in total. The topological polar surface area (TPSA) is 75.6 Å². The van der Waals surface area contributed by atoms with Gasteiger partial charge in [0.2, 0.25) is 6.41 Å². The van der Waals surface area contributed by atoms with Gasteiger partial charge in [0.25, 0.3) is 0 Å². The number of carbonyl (C=O) groups is 2. The Hall–Kier alpha value is -2.18. The number of alkyl halides is 2. The van der Waals surface area contributed by atoms with Crippen molar-refractivity contribution >= 4 is 12.4 Å². The summed E-state index contributed by atoms with van der Waals surface area (Å²) in [5.41, 5.74) is -0.605. The molecule has 0 aromatic heterocycles. The van der Waals surface area contributed by atoms with Crippen LogP contribution in [-0.2, 0) is 16.0 Å². The third kappa shape index (κ3) is 4.49. The van der Waals surface area contributed by atoms with Gasteiger partial charge in [-0.2, -0.15) is 8.78 Å². The zero-order chi connectivity index (χ0) is 15.2. The molecule has 1 aromatic carbocycles. The highest BCUT2D eigenvalue weighted by Gasteiger charge is 2.31. The molecule has 1 aromatic rings. The number of hydrogen-bond acceptors (Lipinski definition) is 3. The molecule has 0 bridgehead atoms. The zero-order valence-electron chi connectivity index (χ0n) is 10.8. The van der Waals surface area contributed by atoms with E-state index in [1.54, 1.807) is 12.1 Å². The maximum absolute atomic E-state index is 12.0. The van der Waals surface area contributed by atoms with Crippen molar-refractivity contribution in [2.45, 2.75) is 31.9 Å². The third-order valence-electron chi connectivity index (χ3n) is 2.91. The van der Waals surface area contributed by atoms with Crippen LogP contribution in [0.2, 0.25) is 0 Å². The lowest BCUT2D eigenvalue weighted by Gasteiger charge is -2.23. The maximum atomic E-state index is 12.0. The van der Waals surface area contributed by atoms with Crippen LogP contribution < -0.4 is 10.1 Å². The molecule has 0 spiro atoms. The Kier molecular flexibility index (Phi) is 5.42. The van der Waals surface area contributed by atoms with E-state index in [-0.39, 0.29) is 12.2 Å². The lowest BCUT2D eigenvalue weighted by molar-refractivity contribution is -0.145. The molecule has 20 heavy (non-hydrogen) atoms. The van der Waals surface area contributed by atoms with Crippen molar-refractivity contribution in [3.05, 3.63) is 29.8 Å². The predicted octanol–water partition coefficient (Wildman–Crippen LogP) is 1.81. The average Bonchev–Trinajstić information content (AvgIpc) is 2.37. The van der Waals surface area contributed by atoms with E-state index in [1.807, 2.05) is 0 Å². The summed E-state index contributed by atoms with van der Waals surface area (Å²) in [4.78, 5) is 21.5. The molecule has 0 aliphatic rings. The molecule has 0 radical (unpaired) electrons. The summed E-state index contributed by atoms with van der Waals surface area (Å²) in [6.45, 7) is -1.48. The summed E-state index contributed by atoms with van der Waals surface area (Å²) in [5.74, 6) is -1.10. The molecule has 0 aliphatic carbocycles. The largest absolute Gasteiger partial charge is 0.480 e. The zero-order valence-corrected chi connectivity index (χ0v) is 10.8. The fraction of sp³-hybridized carbons (Fsp3) is 0.385. The molecule has 0 saturated heterocycles. The Morgan fingerprint density at radius 2 is 2.05 bits per heavy atom. The number of aliphatic carboxylic acids is 1. The minimum absolute atomic E-state index is 0.0377. The number of ether oxygens (including phenoxy) is 1.